The highest BCUT2D eigenvalue weighted by Crippen LogP contribution is 2.24. The first-order valence-electron chi connectivity index (χ1n) is 6.06. The van der Waals surface area contributed by atoms with Gasteiger partial charge in [-0.1, -0.05) is 38.1 Å². The van der Waals surface area contributed by atoms with Gasteiger partial charge in [0.2, 0.25) is 0 Å². The number of methoxy groups -OCH3 is 1. The first-order chi connectivity index (χ1) is 8.52. The van der Waals surface area contributed by atoms with E-state index in [-0.39, 0.29) is 6.10 Å². The average Bonchev–Trinajstić information content (AvgIpc) is 2.34. The Morgan fingerprint density at radius 2 is 1.94 bits per heavy atom. The van der Waals surface area contributed by atoms with Gasteiger partial charge in [0.15, 0.2) is 0 Å². The molecule has 0 aliphatic heterocycles. The third-order valence-corrected chi connectivity index (χ3v) is 2.70. The monoisotopic (exact) mass is 248 g/mol. The molecule has 0 saturated carbocycles. The molecule has 0 fully saturated rings. The number of ether oxygens (including phenoxy) is 1. The quantitative estimate of drug-likeness (QED) is 0.783. The van der Waals surface area contributed by atoms with Crippen molar-refractivity contribution in [2.24, 2.45) is 5.92 Å². The topological polar surface area (TPSA) is 46.5 Å². The lowest BCUT2D eigenvalue weighted by Gasteiger charge is -2.17. The van der Waals surface area contributed by atoms with E-state index >= 15 is 0 Å². The smallest absolute Gasteiger partial charge is 0.328 e. The van der Waals surface area contributed by atoms with Crippen molar-refractivity contribution in [1.29, 1.82) is 0 Å². The van der Waals surface area contributed by atoms with Crippen molar-refractivity contribution in [2.45, 2.75) is 26.4 Å². The lowest BCUT2D eigenvalue weighted by molar-refractivity contribution is -0.131. The molecule has 18 heavy (non-hydrogen) atoms. The summed E-state index contributed by atoms with van der Waals surface area (Å²) in [5.41, 5.74) is 2.00. The molecule has 0 aromatic heterocycles. The van der Waals surface area contributed by atoms with Gasteiger partial charge in [-0.3, -0.25) is 0 Å². The number of aliphatic carboxylic acids is 1. The molecule has 1 aromatic rings. The predicted octanol–water partition coefficient (Wildman–Crippen LogP) is 3.52. The Labute approximate surface area is 108 Å². The number of carbonyl (C=O) groups is 1. The number of carboxylic acids is 1. The number of hydrogen-bond donors (Lipinski definition) is 1. The van der Waals surface area contributed by atoms with Gasteiger partial charge in [-0.25, -0.2) is 4.79 Å². The molecule has 1 atom stereocenters. The highest BCUT2D eigenvalue weighted by Gasteiger charge is 2.11. The van der Waals surface area contributed by atoms with E-state index in [2.05, 4.69) is 13.8 Å². The molecule has 3 nitrogen and oxygen atoms in total. The molecule has 1 N–H and O–H groups in total. The van der Waals surface area contributed by atoms with Crippen LogP contribution >= 0.6 is 0 Å². The van der Waals surface area contributed by atoms with Crippen molar-refractivity contribution in [3.63, 3.8) is 0 Å². The van der Waals surface area contributed by atoms with Gasteiger partial charge < -0.3 is 9.84 Å². The Bertz CT molecular complexity index is 404. The molecule has 1 aromatic carbocycles. The number of carboxylic acid groups (broad SMARTS) is 1. The Kier molecular flexibility index (Phi) is 5.59. The SMILES string of the molecule is COC(CC(C)C)c1ccc(C=CC(=O)O)cc1. The van der Waals surface area contributed by atoms with E-state index in [4.69, 9.17) is 9.84 Å². The van der Waals surface area contributed by atoms with Crippen LogP contribution in [-0.4, -0.2) is 18.2 Å². The summed E-state index contributed by atoms with van der Waals surface area (Å²) in [5, 5.41) is 8.55. The van der Waals surface area contributed by atoms with Crippen LogP contribution in [0.25, 0.3) is 6.08 Å². The Hall–Kier alpha value is -1.61. The Balaban J connectivity index is 2.77. The Morgan fingerprint density at radius 1 is 1.33 bits per heavy atom. The standard InChI is InChI=1S/C15H20O3/c1-11(2)10-14(18-3)13-7-4-12(5-8-13)6-9-15(16)17/h4-9,11,14H,10H2,1-3H3,(H,16,17). The largest absolute Gasteiger partial charge is 0.478 e. The second-order valence-corrected chi connectivity index (χ2v) is 4.69. The lowest BCUT2D eigenvalue weighted by atomic mass is 9.98. The summed E-state index contributed by atoms with van der Waals surface area (Å²) in [6.45, 7) is 4.33. The van der Waals surface area contributed by atoms with Crippen molar-refractivity contribution < 1.29 is 14.6 Å². The summed E-state index contributed by atoms with van der Waals surface area (Å²) in [6, 6.07) is 7.78. The fourth-order valence-electron chi connectivity index (χ4n) is 1.79. The predicted molar refractivity (Wildman–Crippen MR) is 72.3 cm³/mol. The van der Waals surface area contributed by atoms with E-state index in [1.54, 1.807) is 13.2 Å². The first-order valence-corrected chi connectivity index (χ1v) is 6.06. The molecule has 0 saturated heterocycles. The Morgan fingerprint density at radius 3 is 2.39 bits per heavy atom. The van der Waals surface area contributed by atoms with Crippen molar-refractivity contribution in [2.75, 3.05) is 7.11 Å². The van der Waals surface area contributed by atoms with E-state index in [0.717, 1.165) is 23.6 Å². The van der Waals surface area contributed by atoms with E-state index in [1.807, 2.05) is 24.3 Å². The molecular formula is C15H20O3. The van der Waals surface area contributed by atoms with Gasteiger partial charge in [0, 0.05) is 13.2 Å². The van der Waals surface area contributed by atoms with Crippen molar-refractivity contribution in [3.05, 3.63) is 41.5 Å². The molecule has 0 heterocycles. The molecule has 0 aliphatic rings. The van der Waals surface area contributed by atoms with Gasteiger partial charge in [0.25, 0.3) is 0 Å². The van der Waals surface area contributed by atoms with Gasteiger partial charge >= 0.3 is 5.97 Å². The van der Waals surface area contributed by atoms with E-state index in [1.165, 1.54) is 0 Å². The zero-order chi connectivity index (χ0) is 13.5. The number of hydrogen-bond acceptors (Lipinski definition) is 2. The fraction of sp³-hybridized carbons (Fsp3) is 0.400. The van der Waals surface area contributed by atoms with Crippen LogP contribution in [0, 0.1) is 5.92 Å². The third-order valence-electron chi connectivity index (χ3n) is 2.70. The highest BCUT2D eigenvalue weighted by atomic mass is 16.5. The van der Waals surface area contributed by atoms with Crippen LogP contribution in [0.5, 0.6) is 0 Å². The molecule has 98 valence electrons. The van der Waals surface area contributed by atoms with Gasteiger partial charge in [-0.2, -0.15) is 0 Å². The minimum atomic E-state index is -0.936. The van der Waals surface area contributed by atoms with Crippen LogP contribution in [0.3, 0.4) is 0 Å². The summed E-state index contributed by atoms with van der Waals surface area (Å²) >= 11 is 0. The van der Waals surface area contributed by atoms with E-state index < -0.39 is 5.97 Å². The van der Waals surface area contributed by atoms with Crippen molar-refractivity contribution in [1.82, 2.24) is 0 Å². The first kappa shape index (κ1) is 14.5. The minimum absolute atomic E-state index is 0.0995. The molecule has 3 heteroatoms. The zero-order valence-corrected chi connectivity index (χ0v) is 11.1. The lowest BCUT2D eigenvalue weighted by Crippen LogP contribution is -2.05. The maximum absolute atomic E-state index is 10.4. The molecular weight excluding hydrogens is 228 g/mol. The summed E-state index contributed by atoms with van der Waals surface area (Å²) < 4.78 is 5.47. The summed E-state index contributed by atoms with van der Waals surface area (Å²) in [7, 11) is 1.71. The van der Waals surface area contributed by atoms with Gasteiger partial charge in [-0.15, -0.1) is 0 Å². The molecule has 0 aliphatic carbocycles. The van der Waals surface area contributed by atoms with Gasteiger partial charge in [-0.05, 0) is 29.5 Å². The van der Waals surface area contributed by atoms with Crippen LogP contribution in [0.1, 0.15) is 37.5 Å². The summed E-state index contributed by atoms with van der Waals surface area (Å²) in [4.78, 5) is 10.4. The highest BCUT2D eigenvalue weighted by molar-refractivity contribution is 5.85. The molecule has 0 spiro atoms. The maximum atomic E-state index is 10.4. The molecule has 0 bridgehead atoms. The van der Waals surface area contributed by atoms with E-state index in [0.29, 0.717) is 5.92 Å². The average molecular weight is 248 g/mol. The van der Waals surface area contributed by atoms with Crippen LogP contribution in [-0.2, 0) is 9.53 Å². The molecule has 0 amide bonds. The van der Waals surface area contributed by atoms with Gasteiger partial charge in [0.1, 0.15) is 0 Å². The number of benzene rings is 1. The summed E-state index contributed by atoms with van der Waals surface area (Å²) in [6.07, 6.45) is 3.79. The molecule has 0 radical (unpaired) electrons. The van der Waals surface area contributed by atoms with Crippen molar-refractivity contribution >= 4 is 12.0 Å². The summed E-state index contributed by atoms with van der Waals surface area (Å²) in [5.74, 6) is -0.366. The number of rotatable bonds is 6. The second kappa shape index (κ2) is 6.97. The normalized spacial score (nSPS) is 13.1. The minimum Gasteiger partial charge on any atom is -0.478 e. The van der Waals surface area contributed by atoms with Crippen LogP contribution < -0.4 is 0 Å². The third kappa shape index (κ3) is 4.72. The molecule has 1 unspecified atom stereocenters. The second-order valence-electron chi connectivity index (χ2n) is 4.69. The maximum Gasteiger partial charge on any atom is 0.328 e. The zero-order valence-electron chi connectivity index (χ0n) is 11.1. The van der Waals surface area contributed by atoms with Crippen LogP contribution in [0.4, 0.5) is 0 Å². The van der Waals surface area contributed by atoms with Crippen LogP contribution in [0.15, 0.2) is 30.3 Å². The van der Waals surface area contributed by atoms with Crippen LogP contribution in [0.2, 0.25) is 0 Å². The molecule has 1 rings (SSSR count). The fourth-order valence-corrected chi connectivity index (χ4v) is 1.79. The van der Waals surface area contributed by atoms with Crippen molar-refractivity contribution in [3.8, 4) is 0 Å². The van der Waals surface area contributed by atoms with Gasteiger partial charge in [0.05, 0.1) is 6.10 Å². The van der Waals surface area contributed by atoms with E-state index in [9.17, 15) is 4.79 Å².